The molecule has 96 valence electrons. The van der Waals surface area contributed by atoms with Crippen LogP contribution in [0.3, 0.4) is 0 Å². The number of anilines is 2. The lowest BCUT2D eigenvalue weighted by atomic mass is 10.2. The quantitative estimate of drug-likeness (QED) is 0.661. The van der Waals surface area contributed by atoms with Gasteiger partial charge in [0, 0.05) is 11.8 Å². The molecule has 0 heterocycles. The van der Waals surface area contributed by atoms with Gasteiger partial charge in [0.05, 0.1) is 11.6 Å². The summed E-state index contributed by atoms with van der Waals surface area (Å²) in [5, 5.41) is 10.8. The van der Waals surface area contributed by atoms with Gasteiger partial charge < -0.3 is 5.32 Å². The molecule has 19 heavy (non-hydrogen) atoms. The fraction of sp³-hybridized carbons (Fsp3) is 0. The Morgan fingerprint density at radius 1 is 0.895 bits per heavy atom. The van der Waals surface area contributed by atoms with Crippen LogP contribution in [0, 0.1) is 34.6 Å². The van der Waals surface area contributed by atoms with Gasteiger partial charge in [-0.15, -0.1) is 0 Å². The molecule has 0 amide bonds. The summed E-state index contributed by atoms with van der Waals surface area (Å²) in [7, 11) is 0. The molecule has 0 atom stereocenters. The second-order valence-corrected chi connectivity index (χ2v) is 3.66. The van der Waals surface area contributed by atoms with Crippen molar-refractivity contribution in [2.24, 2.45) is 0 Å². The summed E-state index contributed by atoms with van der Waals surface area (Å²) in [6.07, 6.45) is 0. The Labute approximate surface area is 105 Å². The van der Waals surface area contributed by atoms with Gasteiger partial charge in [0.15, 0.2) is 23.3 Å². The number of hydrogen-bond donors (Lipinski definition) is 1. The van der Waals surface area contributed by atoms with Crippen molar-refractivity contribution >= 4 is 11.4 Å². The van der Waals surface area contributed by atoms with Crippen LogP contribution in [0.4, 0.5) is 28.9 Å². The van der Waals surface area contributed by atoms with Gasteiger partial charge in [-0.1, -0.05) is 0 Å². The molecule has 0 saturated heterocycles. The molecule has 2 aromatic carbocycles. The first kappa shape index (κ1) is 12.9. The Balaban J connectivity index is 2.40. The van der Waals surface area contributed by atoms with Gasteiger partial charge >= 0.3 is 0 Å². The molecule has 0 radical (unpaired) electrons. The molecule has 0 aromatic heterocycles. The van der Waals surface area contributed by atoms with E-state index >= 15 is 0 Å². The molecule has 0 saturated carbocycles. The van der Waals surface area contributed by atoms with Crippen molar-refractivity contribution in [3.63, 3.8) is 0 Å². The number of nitriles is 1. The van der Waals surface area contributed by atoms with Crippen LogP contribution in [-0.4, -0.2) is 0 Å². The van der Waals surface area contributed by atoms with Gasteiger partial charge in [0.25, 0.3) is 0 Å². The lowest BCUT2D eigenvalue weighted by Crippen LogP contribution is -2.02. The zero-order valence-electron chi connectivity index (χ0n) is 9.35. The van der Waals surface area contributed by atoms with Crippen LogP contribution in [0.1, 0.15) is 5.56 Å². The zero-order chi connectivity index (χ0) is 14.0. The van der Waals surface area contributed by atoms with Crippen LogP contribution in [0.25, 0.3) is 0 Å². The van der Waals surface area contributed by atoms with E-state index in [1.54, 1.807) is 0 Å². The van der Waals surface area contributed by atoms with Gasteiger partial charge in [-0.05, 0) is 24.3 Å². The molecule has 0 fully saturated rings. The smallest absolute Gasteiger partial charge is 0.185 e. The van der Waals surface area contributed by atoms with Crippen LogP contribution in [0.5, 0.6) is 0 Å². The minimum Gasteiger partial charge on any atom is -0.351 e. The van der Waals surface area contributed by atoms with E-state index in [9.17, 15) is 17.6 Å². The molecule has 2 nitrogen and oxygen atoms in total. The number of nitrogens with zero attached hydrogens (tertiary/aromatic N) is 1. The first-order chi connectivity index (χ1) is 9.02. The van der Waals surface area contributed by atoms with Crippen molar-refractivity contribution in [3.05, 3.63) is 59.2 Å². The second kappa shape index (κ2) is 4.98. The molecule has 0 aliphatic carbocycles. The molecule has 0 spiro atoms. The lowest BCUT2D eigenvalue weighted by molar-refractivity contribution is 0.459. The fourth-order valence-electron chi connectivity index (χ4n) is 1.46. The van der Waals surface area contributed by atoms with E-state index in [1.165, 1.54) is 24.3 Å². The minimum atomic E-state index is -1.51. The molecular formula is C13H6F4N2. The van der Waals surface area contributed by atoms with E-state index in [-0.39, 0.29) is 11.8 Å². The van der Waals surface area contributed by atoms with Crippen LogP contribution in [-0.2, 0) is 0 Å². The molecule has 0 aliphatic heterocycles. The van der Waals surface area contributed by atoms with Crippen molar-refractivity contribution in [1.82, 2.24) is 0 Å². The highest BCUT2D eigenvalue weighted by Gasteiger charge is 2.19. The van der Waals surface area contributed by atoms with Crippen molar-refractivity contribution in [2.45, 2.75) is 0 Å². The van der Waals surface area contributed by atoms with E-state index in [0.717, 1.165) is 0 Å². The highest BCUT2D eigenvalue weighted by molar-refractivity contribution is 5.61. The predicted octanol–water partition coefficient (Wildman–Crippen LogP) is 3.86. The van der Waals surface area contributed by atoms with Gasteiger partial charge in [-0.3, -0.25) is 0 Å². The molecular weight excluding hydrogens is 260 g/mol. The van der Waals surface area contributed by atoms with Crippen LogP contribution >= 0.6 is 0 Å². The minimum absolute atomic E-state index is 0.134. The standard InChI is InChI=1S/C13H6F4N2/c14-9-5-10(15)12(17)13(11(9)16)19-8-3-1-7(6-18)2-4-8/h1-5,19H. The SMILES string of the molecule is N#Cc1ccc(Nc2c(F)c(F)cc(F)c2F)cc1. The summed E-state index contributed by atoms with van der Waals surface area (Å²) in [6, 6.07) is 7.51. The highest BCUT2D eigenvalue weighted by Crippen LogP contribution is 2.27. The third-order valence-corrected chi connectivity index (χ3v) is 2.40. The average Bonchev–Trinajstić information content (AvgIpc) is 2.42. The third-order valence-electron chi connectivity index (χ3n) is 2.40. The number of benzene rings is 2. The van der Waals surface area contributed by atoms with Crippen LogP contribution in [0.15, 0.2) is 30.3 Å². The molecule has 0 unspecified atom stereocenters. The number of rotatable bonds is 2. The molecule has 2 aromatic rings. The maximum absolute atomic E-state index is 13.4. The van der Waals surface area contributed by atoms with E-state index < -0.39 is 29.0 Å². The predicted molar refractivity (Wildman–Crippen MR) is 60.7 cm³/mol. The molecule has 0 aliphatic rings. The number of halogens is 4. The van der Waals surface area contributed by atoms with E-state index in [1.807, 2.05) is 6.07 Å². The first-order valence-electron chi connectivity index (χ1n) is 5.13. The summed E-state index contributed by atoms with van der Waals surface area (Å²) in [5.74, 6) is -6.00. The third kappa shape index (κ3) is 2.50. The normalized spacial score (nSPS) is 10.1. The topological polar surface area (TPSA) is 35.8 Å². The monoisotopic (exact) mass is 266 g/mol. The summed E-state index contributed by atoms with van der Waals surface area (Å²) in [6.45, 7) is 0. The average molecular weight is 266 g/mol. The van der Waals surface area contributed by atoms with Gasteiger partial charge in [0.2, 0.25) is 0 Å². The molecule has 2 rings (SSSR count). The summed E-state index contributed by atoms with van der Waals surface area (Å²) in [5.41, 5.74) is -0.374. The molecule has 0 bridgehead atoms. The Morgan fingerprint density at radius 2 is 1.42 bits per heavy atom. The van der Waals surface area contributed by atoms with Crippen molar-refractivity contribution < 1.29 is 17.6 Å². The Kier molecular flexibility index (Phi) is 3.38. The van der Waals surface area contributed by atoms with Crippen molar-refractivity contribution in [2.75, 3.05) is 5.32 Å². The van der Waals surface area contributed by atoms with Crippen molar-refractivity contribution in [3.8, 4) is 6.07 Å². The van der Waals surface area contributed by atoms with Crippen LogP contribution in [0.2, 0.25) is 0 Å². The second-order valence-electron chi connectivity index (χ2n) is 3.66. The Morgan fingerprint density at radius 3 is 1.89 bits per heavy atom. The van der Waals surface area contributed by atoms with Crippen LogP contribution < -0.4 is 5.32 Å². The summed E-state index contributed by atoms with van der Waals surface area (Å²) < 4.78 is 52.7. The van der Waals surface area contributed by atoms with E-state index in [4.69, 9.17) is 5.26 Å². The van der Waals surface area contributed by atoms with Gasteiger partial charge in [0.1, 0.15) is 5.69 Å². The van der Waals surface area contributed by atoms with Gasteiger partial charge in [-0.2, -0.15) is 5.26 Å². The molecule has 6 heteroatoms. The maximum atomic E-state index is 13.4. The Bertz CT molecular complexity index is 634. The number of hydrogen-bond acceptors (Lipinski definition) is 2. The highest BCUT2D eigenvalue weighted by atomic mass is 19.2. The lowest BCUT2D eigenvalue weighted by Gasteiger charge is -2.09. The first-order valence-corrected chi connectivity index (χ1v) is 5.13. The summed E-state index contributed by atoms with van der Waals surface area (Å²) in [4.78, 5) is 0. The van der Waals surface area contributed by atoms with E-state index in [0.29, 0.717) is 5.56 Å². The zero-order valence-corrected chi connectivity index (χ0v) is 9.35. The van der Waals surface area contributed by atoms with E-state index in [2.05, 4.69) is 5.32 Å². The molecule has 1 N–H and O–H groups in total. The van der Waals surface area contributed by atoms with Gasteiger partial charge in [-0.25, -0.2) is 17.6 Å². The Hall–Kier alpha value is -2.55. The summed E-state index contributed by atoms with van der Waals surface area (Å²) >= 11 is 0. The number of nitrogens with one attached hydrogen (secondary N) is 1. The van der Waals surface area contributed by atoms with Crippen molar-refractivity contribution in [1.29, 1.82) is 5.26 Å². The largest absolute Gasteiger partial charge is 0.351 e. The maximum Gasteiger partial charge on any atom is 0.185 e. The fourth-order valence-corrected chi connectivity index (χ4v) is 1.46.